The van der Waals surface area contributed by atoms with Gasteiger partial charge in [-0.1, -0.05) is 36.4 Å². The molecule has 0 saturated heterocycles. The number of imide groups is 1. The number of nitrogens with one attached hydrogen (secondary N) is 2. The SMILES string of the molecule is CC(=O)N1C(=O)C2(N=C(N)NC(Nc3ccccc3)=N2)c2ccccc21. The van der Waals surface area contributed by atoms with Crippen LogP contribution in [0.3, 0.4) is 0 Å². The second-order valence-electron chi connectivity index (χ2n) is 5.92. The molecule has 2 aliphatic rings. The summed E-state index contributed by atoms with van der Waals surface area (Å²) in [4.78, 5) is 35.0. The van der Waals surface area contributed by atoms with Crippen LogP contribution in [0.25, 0.3) is 0 Å². The Morgan fingerprint density at radius 3 is 2.54 bits per heavy atom. The minimum absolute atomic E-state index is 0.0342. The maximum Gasteiger partial charge on any atom is 0.289 e. The maximum atomic E-state index is 13.1. The molecule has 4 rings (SSSR count). The largest absolute Gasteiger partial charge is 0.370 e. The smallest absolute Gasteiger partial charge is 0.289 e. The summed E-state index contributed by atoms with van der Waals surface area (Å²) in [6.07, 6.45) is 0. The predicted octanol–water partition coefficient (Wildman–Crippen LogP) is 1.12. The summed E-state index contributed by atoms with van der Waals surface area (Å²) in [5, 5.41) is 5.90. The first-order chi connectivity index (χ1) is 12.5. The number of anilines is 2. The van der Waals surface area contributed by atoms with Gasteiger partial charge in [0.1, 0.15) is 0 Å². The molecule has 0 bridgehead atoms. The van der Waals surface area contributed by atoms with Crippen molar-refractivity contribution in [1.82, 2.24) is 5.32 Å². The number of fused-ring (bicyclic) bond motifs is 2. The summed E-state index contributed by atoms with van der Waals surface area (Å²) in [7, 11) is 0. The molecule has 1 atom stereocenters. The summed E-state index contributed by atoms with van der Waals surface area (Å²) in [6, 6.07) is 16.3. The van der Waals surface area contributed by atoms with Gasteiger partial charge in [0.25, 0.3) is 11.6 Å². The number of nitrogens with two attached hydrogens (primary N) is 1. The molecule has 8 heteroatoms. The van der Waals surface area contributed by atoms with Gasteiger partial charge in [-0.3, -0.25) is 14.9 Å². The zero-order valence-corrected chi connectivity index (χ0v) is 13.9. The molecular weight excluding hydrogens is 332 g/mol. The molecule has 2 aromatic carbocycles. The fourth-order valence-electron chi connectivity index (χ4n) is 3.13. The Bertz CT molecular complexity index is 969. The monoisotopic (exact) mass is 348 g/mol. The highest BCUT2D eigenvalue weighted by molar-refractivity contribution is 6.24. The van der Waals surface area contributed by atoms with Crippen LogP contribution in [0, 0.1) is 0 Å². The molecule has 4 N–H and O–H groups in total. The zero-order valence-electron chi connectivity index (χ0n) is 13.9. The van der Waals surface area contributed by atoms with E-state index in [0.717, 1.165) is 10.6 Å². The molecule has 2 aromatic rings. The summed E-state index contributed by atoms with van der Waals surface area (Å²) >= 11 is 0. The molecule has 26 heavy (non-hydrogen) atoms. The summed E-state index contributed by atoms with van der Waals surface area (Å²) in [5.74, 6) is -0.647. The van der Waals surface area contributed by atoms with Gasteiger partial charge in [-0.15, -0.1) is 0 Å². The van der Waals surface area contributed by atoms with Gasteiger partial charge in [-0.25, -0.2) is 14.9 Å². The van der Waals surface area contributed by atoms with E-state index in [9.17, 15) is 9.59 Å². The molecule has 1 unspecified atom stereocenters. The van der Waals surface area contributed by atoms with Crippen LogP contribution < -0.4 is 21.3 Å². The van der Waals surface area contributed by atoms with E-state index in [-0.39, 0.29) is 11.9 Å². The Morgan fingerprint density at radius 1 is 1.12 bits per heavy atom. The molecule has 0 saturated carbocycles. The van der Waals surface area contributed by atoms with Crippen LogP contribution in [-0.2, 0) is 15.3 Å². The van der Waals surface area contributed by atoms with Crippen LogP contribution >= 0.6 is 0 Å². The lowest BCUT2D eigenvalue weighted by molar-refractivity contribution is -0.127. The normalized spacial score (nSPS) is 21.0. The molecule has 0 radical (unpaired) electrons. The molecule has 2 aliphatic heterocycles. The fourth-order valence-corrected chi connectivity index (χ4v) is 3.13. The Labute approximate surface area is 149 Å². The van der Waals surface area contributed by atoms with Crippen molar-refractivity contribution < 1.29 is 9.59 Å². The Morgan fingerprint density at radius 2 is 1.81 bits per heavy atom. The second-order valence-corrected chi connectivity index (χ2v) is 5.92. The van der Waals surface area contributed by atoms with Crippen LogP contribution in [-0.4, -0.2) is 23.7 Å². The second kappa shape index (κ2) is 5.69. The van der Waals surface area contributed by atoms with E-state index in [1.807, 2.05) is 30.3 Å². The highest BCUT2D eigenvalue weighted by Gasteiger charge is 2.54. The van der Waals surface area contributed by atoms with Crippen molar-refractivity contribution in [3.63, 3.8) is 0 Å². The van der Waals surface area contributed by atoms with Crippen molar-refractivity contribution in [2.75, 3.05) is 10.2 Å². The van der Waals surface area contributed by atoms with Crippen LogP contribution in [0.1, 0.15) is 12.5 Å². The van der Waals surface area contributed by atoms with Crippen molar-refractivity contribution in [2.45, 2.75) is 12.6 Å². The van der Waals surface area contributed by atoms with Gasteiger partial charge < -0.3 is 11.1 Å². The number of benzene rings is 2. The van der Waals surface area contributed by atoms with Crippen LogP contribution in [0.5, 0.6) is 0 Å². The zero-order chi connectivity index (χ0) is 18.3. The highest BCUT2D eigenvalue weighted by atomic mass is 16.2. The molecule has 0 aliphatic carbocycles. The van der Waals surface area contributed by atoms with Crippen molar-refractivity contribution in [3.8, 4) is 0 Å². The fraction of sp³-hybridized carbons (Fsp3) is 0.111. The number of nitrogens with zero attached hydrogens (tertiary/aromatic N) is 3. The molecule has 2 amide bonds. The standard InChI is InChI=1S/C18H16N6O2/c1-11(25)24-14-10-6-5-9-13(14)18(15(24)26)22-16(19)21-17(23-18)20-12-7-3-2-4-8-12/h2-10H,1H3,(H4,19,20,21,22,23). The molecule has 130 valence electrons. The molecule has 8 nitrogen and oxygen atoms in total. The molecule has 0 fully saturated rings. The van der Waals surface area contributed by atoms with Gasteiger partial charge >= 0.3 is 0 Å². The molecule has 1 spiro atoms. The van der Waals surface area contributed by atoms with Crippen molar-refractivity contribution in [3.05, 3.63) is 60.2 Å². The topological polar surface area (TPSA) is 112 Å². The van der Waals surface area contributed by atoms with E-state index in [1.165, 1.54) is 6.92 Å². The lowest BCUT2D eigenvalue weighted by Crippen LogP contribution is -2.51. The van der Waals surface area contributed by atoms with E-state index >= 15 is 0 Å². The van der Waals surface area contributed by atoms with E-state index in [2.05, 4.69) is 20.6 Å². The van der Waals surface area contributed by atoms with E-state index in [0.29, 0.717) is 11.3 Å². The summed E-state index contributed by atoms with van der Waals surface area (Å²) in [5.41, 5.74) is 6.06. The number of para-hydroxylation sites is 2. The van der Waals surface area contributed by atoms with E-state index < -0.39 is 17.5 Å². The predicted molar refractivity (Wildman–Crippen MR) is 98.5 cm³/mol. The number of guanidine groups is 2. The Kier molecular flexibility index (Phi) is 3.47. The number of amides is 2. The third kappa shape index (κ3) is 2.31. The molecule has 0 aromatic heterocycles. The number of rotatable bonds is 1. The Balaban J connectivity index is 1.84. The number of hydrogen-bond donors (Lipinski definition) is 3. The number of carbonyl (C=O) groups is 2. The summed E-state index contributed by atoms with van der Waals surface area (Å²) < 4.78 is 0. The van der Waals surface area contributed by atoms with Gasteiger partial charge in [0.05, 0.1) is 5.69 Å². The average molecular weight is 348 g/mol. The average Bonchev–Trinajstić information content (AvgIpc) is 2.84. The van der Waals surface area contributed by atoms with Gasteiger partial charge in [-0.05, 0) is 18.2 Å². The summed E-state index contributed by atoms with van der Waals surface area (Å²) in [6.45, 7) is 1.33. The number of aliphatic imine (C=N–C) groups is 2. The van der Waals surface area contributed by atoms with E-state index in [1.54, 1.807) is 24.3 Å². The minimum atomic E-state index is -1.62. The van der Waals surface area contributed by atoms with Gasteiger partial charge in [-0.2, -0.15) is 0 Å². The van der Waals surface area contributed by atoms with Crippen molar-refractivity contribution in [2.24, 2.45) is 15.7 Å². The van der Waals surface area contributed by atoms with E-state index in [4.69, 9.17) is 5.73 Å². The lowest BCUT2D eigenvalue weighted by atomic mass is 10.0. The first-order valence-electron chi connectivity index (χ1n) is 8.00. The first-order valence-corrected chi connectivity index (χ1v) is 8.00. The quantitative estimate of drug-likeness (QED) is 0.715. The van der Waals surface area contributed by atoms with Gasteiger partial charge in [0.2, 0.25) is 11.9 Å². The Hall–Kier alpha value is -3.68. The maximum absolute atomic E-state index is 13.1. The lowest BCUT2D eigenvalue weighted by Gasteiger charge is -2.26. The third-order valence-corrected chi connectivity index (χ3v) is 4.18. The van der Waals surface area contributed by atoms with Crippen LogP contribution in [0.4, 0.5) is 11.4 Å². The van der Waals surface area contributed by atoms with Crippen molar-refractivity contribution in [1.29, 1.82) is 0 Å². The molecule has 2 heterocycles. The van der Waals surface area contributed by atoms with Crippen LogP contribution in [0.2, 0.25) is 0 Å². The van der Waals surface area contributed by atoms with Crippen LogP contribution in [0.15, 0.2) is 64.6 Å². The highest BCUT2D eigenvalue weighted by Crippen LogP contribution is 2.44. The van der Waals surface area contributed by atoms with Gasteiger partial charge in [0, 0.05) is 18.2 Å². The number of carbonyl (C=O) groups excluding carboxylic acids is 2. The minimum Gasteiger partial charge on any atom is -0.370 e. The first kappa shape index (κ1) is 15.8. The third-order valence-electron chi connectivity index (χ3n) is 4.18. The molecular formula is C18H16N6O2. The van der Waals surface area contributed by atoms with Gasteiger partial charge in [0.15, 0.2) is 5.96 Å². The number of hydrogen-bond acceptors (Lipinski definition) is 7. The van der Waals surface area contributed by atoms with Crippen molar-refractivity contribution >= 4 is 35.1 Å².